The molecule has 1 unspecified atom stereocenters. The Morgan fingerprint density at radius 1 is 0.933 bits per heavy atom. The molecule has 0 heterocycles. The number of hydrogen-bond donors (Lipinski definition) is 1. The van der Waals surface area contributed by atoms with E-state index in [-0.39, 0.29) is 18.4 Å². The van der Waals surface area contributed by atoms with Crippen molar-refractivity contribution in [3.63, 3.8) is 0 Å². The summed E-state index contributed by atoms with van der Waals surface area (Å²) >= 11 is 0. The van der Waals surface area contributed by atoms with Crippen LogP contribution in [0.5, 0.6) is 11.5 Å². The van der Waals surface area contributed by atoms with Gasteiger partial charge in [-0.05, 0) is 63.1 Å². The molecule has 30 heavy (non-hydrogen) atoms. The number of ether oxygens (including phenoxy) is 2. The molecule has 1 atom stereocenters. The predicted molar refractivity (Wildman–Crippen MR) is 114 cm³/mol. The Labute approximate surface area is 182 Å². The van der Waals surface area contributed by atoms with Crippen molar-refractivity contribution in [2.75, 3.05) is 26.4 Å². The van der Waals surface area contributed by atoms with Crippen molar-refractivity contribution in [2.24, 2.45) is 0 Å². The van der Waals surface area contributed by atoms with E-state index < -0.39 is 17.7 Å². The van der Waals surface area contributed by atoms with Crippen molar-refractivity contribution in [1.29, 1.82) is 0 Å². The summed E-state index contributed by atoms with van der Waals surface area (Å²) in [6, 6.07) is 10.8. The second-order valence-electron chi connectivity index (χ2n) is 7.05. The summed E-state index contributed by atoms with van der Waals surface area (Å²) in [6.07, 6.45) is -0.115. The molecule has 0 fully saturated rings. The van der Waals surface area contributed by atoms with Gasteiger partial charge in [0, 0.05) is 12.1 Å². The lowest BCUT2D eigenvalue weighted by atomic mass is 10.1. The van der Waals surface area contributed by atoms with Crippen LogP contribution in [0.15, 0.2) is 42.5 Å². The van der Waals surface area contributed by atoms with Gasteiger partial charge in [-0.25, -0.2) is 8.78 Å². The van der Waals surface area contributed by atoms with Crippen LogP contribution in [-0.2, 0) is 11.2 Å². The fraction of sp³-hybridized carbons (Fsp3) is 0.455. The zero-order valence-corrected chi connectivity index (χ0v) is 18.3. The molecule has 2 aromatic rings. The molecule has 2 aromatic carbocycles. The Balaban J connectivity index is 0.00000450. The highest BCUT2D eigenvalue weighted by atomic mass is 35.5. The SMILES string of the molecule is CC(O)CN(Oc1ccc(OCCOCCc2ccc(F)cc2F)cc1)C(C)C.Cl. The second-order valence-corrected chi connectivity index (χ2v) is 7.05. The number of nitrogens with zero attached hydrogens (tertiary/aromatic N) is 1. The Morgan fingerprint density at radius 3 is 2.20 bits per heavy atom. The van der Waals surface area contributed by atoms with Crippen LogP contribution in [-0.4, -0.2) is 48.7 Å². The van der Waals surface area contributed by atoms with Gasteiger partial charge in [0.15, 0.2) is 0 Å². The summed E-state index contributed by atoms with van der Waals surface area (Å²) in [7, 11) is 0. The first-order valence-electron chi connectivity index (χ1n) is 9.72. The van der Waals surface area contributed by atoms with E-state index in [1.807, 2.05) is 13.8 Å². The Kier molecular flexibility index (Phi) is 11.7. The van der Waals surface area contributed by atoms with Crippen LogP contribution in [0.4, 0.5) is 8.78 Å². The van der Waals surface area contributed by atoms with E-state index >= 15 is 0 Å². The summed E-state index contributed by atoms with van der Waals surface area (Å²) in [5.74, 6) is 0.190. The van der Waals surface area contributed by atoms with Gasteiger partial charge < -0.3 is 19.4 Å². The van der Waals surface area contributed by atoms with E-state index in [2.05, 4.69) is 0 Å². The fourth-order valence-electron chi connectivity index (χ4n) is 2.57. The first-order chi connectivity index (χ1) is 13.8. The van der Waals surface area contributed by atoms with Gasteiger partial charge in [0.2, 0.25) is 0 Å². The summed E-state index contributed by atoms with van der Waals surface area (Å²) in [6.45, 7) is 7.15. The highest BCUT2D eigenvalue weighted by Crippen LogP contribution is 2.19. The first-order valence-corrected chi connectivity index (χ1v) is 9.72. The van der Waals surface area contributed by atoms with E-state index in [9.17, 15) is 13.9 Å². The number of aliphatic hydroxyl groups excluding tert-OH is 1. The standard InChI is InChI=1S/C22H29F2NO4.ClH/c1-16(2)25(15-17(3)26)29-21-8-6-20(7-9-21)28-13-12-27-11-10-18-4-5-19(23)14-22(18)24;/h4-9,14,16-17,26H,10-13,15H2,1-3H3;1H. The number of aliphatic hydroxyl groups is 1. The number of hydrogen-bond acceptors (Lipinski definition) is 5. The normalized spacial score (nSPS) is 12.0. The highest BCUT2D eigenvalue weighted by molar-refractivity contribution is 5.85. The van der Waals surface area contributed by atoms with E-state index in [0.29, 0.717) is 49.8 Å². The molecule has 0 aliphatic rings. The minimum atomic E-state index is -0.586. The van der Waals surface area contributed by atoms with Crippen LogP contribution in [0.3, 0.4) is 0 Å². The molecule has 2 rings (SSSR count). The molecular weight excluding hydrogens is 416 g/mol. The largest absolute Gasteiger partial charge is 0.491 e. The third-order valence-electron chi connectivity index (χ3n) is 4.09. The Hall–Kier alpha value is -1.93. The van der Waals surface area contributed by atoms with Gasteiger partial charge in [-0.15, -0.1) is 17.5 Å². The predicted octanol–water partition coefficient (Wildman–Crippen LogP) is 4.41. The monoisotopic (exact) mass is 445 g/mol. The van der Waals surface area contributed by atoms with Gasteiger partial charge in [0.1, 0.15) is 29.7 Å². The molecule has 0 amide bonds. The van der Waals surface area contributed by atoms with Crippen LogP contribution >= 0.6 is 12.4 Å². The zero-order chi connectivity index (χ0) is 21.2. The molecule has 168 valence electrons. The molecule has 1 N–H and O–H groups in total. The van der Waals surface area contributed by atoms with Crippen molar-refractivity contribution < 1.29 is 28.2 Å². The van der Waals surface area contributed by atoms with Gasteiger partial charge in [-0.2, -0.15) is 0 Å². The van der Waals surface area contributed by atoms with Gasteiger partial charge >= 0.3 is 0 Å². The van der Waals surface area contributed by atoms with Gasteiger partial charge in [0.05, 0.1) is 25.9 Å². The minimum Gasteiger partial charge on any atom is -0.491 e. The molecular formula is C22H30ClF2NO4. The maximum atomic E-state index is 13.5. The lowest BCUT2D eigenvalue weighted by Crippen LogP contribution is -2.39. The Bertz CT molecular complexity index is 744. The molecule has 0 aromatic heterocycles. The molecule has 0 radical (unpaired) electrons. The minimum absolute atomic E-state index is 0. The van der Waals surface area contributed by atoms with E-state index in [0.717, 1.165) is 6.07 Å². The summed E-state index contributed by atoms with van der Waals surface area (Å²) in [5, 5.41) is 11.3. The number of halogens is 3. The zero-order valence-electron chi connectivity index (χ0n) is 17.5. The smallest absolute Gasteiger partial charge is 0.147 e. The molecule has 0 saturated heterocycles. The first kappa shape index (κ1) is 26.1. The van der Waals surface area contributed by atoms with E-state index in [1.165, 1.54) is 12.1 Å². The number of rotatable bonds is 12. The Morgan fingerprint density at radius 2 is 1.60 bits per heavy atom. The summed E-state index contributed by atoms with van der Waals surface area (Å²) < 4.78 is 37.4. The molecule has 0 aliphatic heterocycles. The molecule has 0 bridgehead atoms. The fourth-order valence-corrected chi connectivity index (χ4v) is 2.57. The van der Waals surface area contributed by atoms with Crippen LogP contribution in [0.2, 0.25) is 0 Å². The molecule has 8 heteroatoms. The average molecular weight is 446 g/mol. The van der Waals surface area contributed by atoms with Crippen LogP contribution in [0, 0.1) is 11.6 Å². The third-order valence-corrected chi connectivity index (χ3v) is 4.09. The quantitative estimate of drug-likeness (QED) is 0.387. The van der Waals surface area contributed by atoms with Crippen molar-refractivity contribution >= 4 is 12.4 Å². The lowest BCUT2D eigenvalue weighted by Gasteiger charge is -2.27. The van der Waals surface area contributed by atoms with Gasteiger partial charge in [-0.1, -0.05) is 6.07 Å². The summed E-state index contributed by atoms with van der Waals surface area (Å²) in [5.41, 5.74) is 0.425. The van der Waals surface area contributed by atoms with Crippen molar-refractivity contribution in [1.82, 2.24) is 5.06 Å². The van der Waals surface area contributed by atoms with Crippen molar-refractivity contribution in [3.8, 4) is 11.5 Å². The highest BCUT2D eigenvalue weighted by Gasteiger charge is 2.14. The average Bonchev–Trinajstić information content (AvgIpc) is 2.66. The van der Waals surface area contributed by atoms with Crippen LogP contribution in [0.1, 0.15) is 26.3 Å². The second kappa shape index (κ2) is 13.4. The molecule has 5 nitrogen and oxygen atoms in total. The lowest BCUT2D eigenvalue weighted by molar-refractivity contribution is -0.105. The topological polar surface area (TPSA) is 51.2 Å². The molecule has 0 spiro atoms. The third kappa shape index (κ3) is 9.26. The van der Waals surface area contributed by atoms with Gasteiger partial charge in [-0.3, -0.25) is 0 Å². The van der Waals surface area contributed by atoms with Crippen LogP contribution in [0.25, 0.3) is 0 Å². The van der Waals surface area contributed by atoms with Crippen molar-refractivity contribution in [3.05, 3.63) is 59.7 Å². The van der Waals surface area contributed by atoms with Crippen molar-refractivity contribution in [2.45, 2.75) is 39.3 Å². The molecule has 0 saturated carbocycles. The summed E-state index contributed by atoms with van der Waals surface area (Å²) in [4.78, 5) is 5.80. The van der Waals surface area contributed by atoms with Gasteiger partial charge in [0.25, 0.3) is 0 Å². The van der Waals surface area contributed by atoms with E-state index in [4.69, 9.17) is 14.3 Å². The maximum absolute atomic E-state index is 13.5. The maximum Gasteiger partial charge on any atom is 0.147 e. The number of benzene rings is 2. The number of hydroxylamine groups is 2. The van der Waals surface area contributed by atoms with Crippen LogP contribution < -0.4 is 9.57 Å². The van der Waals surface area contributed by atoms with E-state index in [1.54, 1.807) is 36.3 Å². The molecule has 0 aliphatic carbocycles.